The smallest absolute Gasteiger partial charge is 0.259 e. The number of ether oxygens (including phenoxy) is 3. The molecule has 2 heterocycles. The van der Waals surface area contributed by atoms with Gasteiger partial charge >= 0.3 is 0 Å². The van der Waals surface area contributed by atoms with Crippen LogP contribution in [0.3, 0.4) is 0 Å². The van der Waals surface area contributed by atoms with Gasteiger partial charge in [0.15, 0.2) is 5.60 Å². The lowest BCUT2D eigenvalue weighted by Crippen LogP contribution is -2.76. The van der Waals surface area contributed by atoms with Crippen molar-refractivity contribution in [1.82, 2.24) is 9.88 Å². The van der Waals surface area contributed by atoms with E-state index in [1.54, 1.807) is 19.1 Å². The minimum atomic E-state index is -0.934. The summed E-state index contributed by atoms with van der Waals surface area (Å²) in [5.74, 6) is 1.47. The van der Waals surface area contributed by atoms with E-state index in [1.807, 2.05) is 6.20 Å². The zero-order chi connectivity index (χ0) is 22.4. The van der Waals surface area contributed by atoms with Gasteiger partial charge in [0.05, 0.1) is 6.04 Å². The molecule has 0 unspecified atom stereocenters. The van der Waals surface area contributed by atoms with Crippen LogP contribution in [0.5, 0.6) is 0 Å². The maximum atomic E-state index is 13.3. The van der Waals surface area contributed by atoms with Crippen molar-refractivity contribution < 1.29 is 19.0 Å². The summed E-state index contributed by atoms with van der Waals surface area (Å²) in [6, 6.07) is 2.14. The molecule has 1 amide bonds. The van der Waals surface area contributed by atoms with E-state index < -0.39 is 5.60 Å². The summed E-state index contributed by atoms with van der Waals surface area (Å²) in [5.41, 5.74) is 2.55. The molecule has 2 atom stereocenters. The van der Waals surface area contributed by atoms with Crippen LogP contribution >= 0.6 is 0 Å². The number of aromatic nitrogens is 1. The summed E-state index contributed by atoms with van der Waals surface area (Å²) >= 11 is 0. The van der Waals surface area contributed by atoms with Crippen molar-refractivity contribution in [2.75, 3.05) is 27.7 Å². The minimum absolute atomic E-state index is 0.0298. The van der Waals surface area contributed by atoms with Crippen molar-refractivity contribution >= 4 is 5.91 Å². The second-order valence-electron chi connectivity index (χ2n) is 9.73. The van der Waals surface area contributed by atoms with E-state index >= 15 is 0 Å². The van der Waals surface area contributed by atoms with E-state index in [-0.39, 0.29) is 25.5 Å². The molecule has 6 heteroatoms. The molecule has 3 rings (SSSR count). The molecule has 0 spiro atoms. The third-order valence-corrected chi connectivity index (χ3v) is 6.73. The van der Waals surface area contributed by atoms with Crippen molar-refractivity contribution in [3.05, 3.63) is 29.1 Å². The number of rotatable bonds is 14. The number of β-lactam (4-membered cyclic amide) rings is 1. The first-order valence-corrected chi connectivity index (χ1v) is 11.8. The maximum absolute atomic E-state index is 13.3. The Morgan fingerprint density at radius 2 is 2.00 bits per heavy atom. The van der Waals surface area contributed by atoms with Crippen LogP contribution in [0.1, 0.15) is 69.2 Å². The van der Waals surface area contributed by atoms with Crippen molar-refractivity contribution in [2.45, 2.75) is 83.8 Å². The molecular weight excluding hydrogens is 392 g/mol. The molecule has 31 heavy (non-hydrogen) atoms. The van der Waals surface area contributed by atoms with Gasteiger partial charge in [0.2, 0.25) is 0 Å². The van der Waals surface area contributed by atoms with Crippen molar-refractivity contribution in [3.8, 4) is 0 Å². The van der Waals surface area contributed by atoms with E-state index in [0.29, 0.717) is 12.3 Å². The van der Waals surface area contributed by atoms with E-state index in [2.05, 4.69) is 31.8 Å². The van der Waals surface area contributed by atoms with E-state index in [9.17, 15) is 4.79 Å². The first-order chi connectivity index (χ1) is 14.9. The number of nitrogens with zero attached hydrogens (tertiary/aromatic N) is 2. The quantitative estimate of drug-likeness (QED) is 0.324. The van der Waals surface area contributed by atoms with Crippen LogP contribution < -0.4 is 0 Å². The highest BCUT2D eigenvalue weighted by molar-refractivity contribution is 5.93. The summed E-state index contributed by atoms with van der Waals surface area (Å²) in [6.45, 7) is 6.90. The summed E-state index contributed by atoms with van der Waals surface area (Å²) in [4.78, 5) is 19.8. The van der Waals surface area contributed by atoms with Gasteiger partial charge in [0.25, 0.3) is 5.91 Å². The van der Waals surface area contributed by atoms with E-state index in [4.69, 9.17) is 14.2 Å². The third-order valence-electron chi connectivity index (χ3n) is 6.73. The predicted molar refractivity (Wildman–Crippen MR) is 121 cm³/mol. The van der Waals surface area contributed by atoms with Crippen LogP contribution in [0.4, 0.5) is 0 Å². The Morgan fingerprint density at radius 1 is 1.23 bits per heavy atom. The van der Waals surface area contributed by atoms with Crippen LogP contribution in [0.25, 0.3) is 0 Å². The van der Waals surface area contributed by atoms with Gasteiger partial charge in [-0.15, -0.1) is 0 Å². The highest BCUT2D eigenvalue weighted by Crippen LogP contribution is 2.41. The number of amides is 1. The molecule has 1 aliphatic heterocycles. The number of pyridine rings is 1. The van der Waals surface area contributed by atoms with Gasteiger partial charge in [-0.3, -0.25) is 9.78 Å². The number of carbonyl (C=O) groups excluding carboxylic acids is 1. The summed E-state index contributed by atoms with van der Waals surface area (Å²) in [6.07, 6.45) is 10.7. The topological polar surface area (TPSA) is 60.9 Å². The molecule has 1 aromatic rings. The van der Waals surface area contributed by atoms with Gasteiger partial charge in [-0.1, -0.05) is 33.1 Å². The SMILES string of the molecule is COCO[C@@]1(Cc2cc(CCCC3CC3)c(C)cn2)C(=O)N(COC)[C@H]1CCC(C)C. The van der Waals surface area contributed by atoms with Crippen LogP contribution in [0.15, 0.2) is 12.3 Å². The summed E-state index contributed by atoms with van der Waals surface area (Å²) in [5, 5.41) is 0. The van der Waals surface area contributed by atoms with Gasteiger partial charge in [-0.05, 0) is 61.6 Å². The molecule has 174 valence electrons. The second kappa shape index (κ2) is 10.9. The Morgan fingerprint density at radius 3 is 2.65 bits per heavy atom. The third kappa shape index (κ3) is 5.85. The lowest BCUT2D eigenvalue weighted by molar-refractivity contribution is -0.234. The highest BCUT2D eigenvalue weighted by Gasteiger charge is 2.61. The van der Waals surface area contributed by atoms with E-state index in [1.165, 1.54) is 36.8 Å². The molecule has 0 aromatic carbocycles. The van der Waals surface area contributed by atoms with Crippen molar-refractivity contribution in [3.63, 3.8) is 0 Å². The molecular formula is C25H40N2O4. The molecule has 6 nitrogen and oxygen atoms in total. The monoisotopic (exact) mass is 432 g/mol. The fourth-order valence-electron chi connectivity index (χ4n) is 4.68. The van der Waals surface area contributed by atoms with Gasteiger partial charge in [0.1, 0.15) is 13.5 Å². The number of hydrogen-bond donors (Lipinski definition) is 0. The fourth-order valence-corrected chi connectivity index (χ4v) is 4.68. The molecule has 0 radical (unpaired) electrons. The predicted octanol–water partition coefficient (Wildman–Crippen LogP) is 4.28. The Balaban J connectivity index is 1.79. The van der Waals surface area contributed by atoms with Crippen molar-refractivity contribution in [2.24, 2.45) is 11.8 Å². The fraction of sp³-hybridized carbons (Fsp3) is 0.760. The van der Waals surface area contributed by atoms with Crippen LogP contribution in [-0.4, -0.2) is 55.2 Å². The Bertz CT molecular complexity index is 734. The maximum Gasteiger partial charge on any atom is 0.259 e. The summed E-state index contributed by atoms with van der Waals surface area (Å²) in [7, 11) is 3.22. The zero-order valence-corrected chi connectivity index (χ0v) is 20.0. The molecule has 2 aliphatic rings. The number of aryl methyl sites for hydroxylation is 2. The van der Waals surface area contributed by atoms with Crippen LogP contribution in [0.2, 0.25) is 0 Å². The standard InChI is InChI=1S/C25H40N2O4/c1-18(2)9-12-23-25(31-17-30-5,24(28)27(23)16-29-4)14-22-13-21(19(3)15-26-22)8-6-7-20-10-11-20/h13,15,18,20,23H,6-12,14,16-17H2,1-5H3/t23-,25+/m0/s1. The molecule has 0 bridgehead atoms. The average molecular weight is 433 g/mol. The average Bonchev–Trinajstić information content (AvgIpc) is 3.57. The molecule has 1 saturated carbocycles. The molecule has 1 aliphatic carbocycles. The number of hydrogen-bond acceptors (Lipinski definition) is 5. The normalized spacial score (nSPS) is 23.5. The van der Waals surface area contributed by atoms with Gasteiger partial charge in [0, 0.05) is 32.5 Å². The lowest BCUT2D eigenvalue weighted by Gasteiger charge is -2.55. The molecule has 0 N–H and O–H groups in total. The Kier molecular flexibility index (Phi) is 8.48. The van der Waals surface area contributed by atoms with Crippen LogP contribution in [0, 0.1) is 18.8 Å². The largest absolute Gasteiger partial charge is 0.364 e. The lowest BCUT2D eigenvalue weighted by atomic mass is 9.75. The van der Waals surface area contributed by atoms with Gasteiger partial charge in [-0.2, -0.15) is 0 Å². The second-order valence-corrected chi connectivity index (χ2v) is 9.73. The highest BCUT2D eigenvalue weighted by atomic mass is 16.7. The van der Waals surface area contributed by atoms with Crippen LogP contribution in [-0.2, 0) is 31.8 Å². The number of likely N-dealkylation sites (tertiary alicyclic amines) is 1. The minimum Gasteiger partial charge on any atom is -0.364 e. The summed E-state index contributed by atoms with van der Waals surface area (Å²) < 4.78 is 16.6. The molecule has 2 fully saturated rings. The van der Waals surface area contributed by atoms with Gasteiger partial charge in [-0.25, -0.2) is 0 Å². The molecule has 1 aromatic heterocycles. The zero-order valence-electron chi connectivity index (χ0n) is 20.0. The van der Waals surface area contributed by atoms with Gasteiger partial charge < -0.3 is 19.1 Å². The van der Waals surface area contributed by atoms with E-state index in [0.717, 1.165) is 30.9 Å². The first-order valence-electron chi connectivity index (χ1n) is 11.8. The van der Waals surface area contributed by atoms with Crippen molar-refractivity contribution in [1.29, 1.82) is 0 Å². The number of methoxy groups -OCH3 is 2. The number of carbonyl (C=O) groups is 1. The molecule has 1 saturated heterocycles. The Labute approximate surface area is 187 Å². The Hall–Kier alpha value is -1.50. The first kappa shape index (κ1) is 24.1.